The second-order valence-electron chi connectivity index (χ2n) is 3.08. The largest absolute Gasteiger partial charge is 0.490 e. The number of carbonyl (C=O) groups excluding carboxylic acids is 1. The van der Waals surface area contributed by atoms with Crippen LogP contribution in [0.25, 0.3) is 0 Å². The number of benzene rings is 1. The van der Waals surface area contributed by atoms with Crippen LogP contribution in [0.1, 0.15) is 12.0 Å². The van der Waals surface area contributed by atoms with E-state index in [4.69, 9.17) is 10.6 Å². The molecule has 0 aromatic heterocycles. The van der Waals surface area contributed by atoms with E-state index >= 15 is 0 Å². The van der Waals surface area contributed by atoms with Crippen molar-refractivity contribution in [3.63, 3.8) is 0 Å². The van der Waals surface area contributed by atoms with Crippen molar-refractivity contribution in [1.29, 1.82) is 0 Å². The van der Waals surface area contributed by atoms with E-state index in [2.05, 4.69) is 4.84 Å². The molecule has 6 heteroatoms. The van der Waals surface area contributed by atoms with E-state index in [1.54, 1.807) is 24.6 Å². The van der Waals surface area contributed by atoms with E-state index < -0.39 is 11.8 Å². The third-order valence-electron chi connectivity index (χ3n) is 1.89. The van der Waals surface area contributed by atoms with Crippen molar-refractivity contribution in [2.75, 3.05) is 6.61 Å². The number of carbonyl (C=O) groups is 1. The van der Waals surface area contributed by atoms with Gasteiger partial charge in [-0.3, -0.25) is 4.79 Å². The topological polar surface area (TPSA) is 73.6 Å². The van der Waals surface area contributed by atoms with Crippen LogP contribution in [0, 0.1) is 12.7 Å². The van der Waals surface area contributed by atoms with Crippen LogP contribution in [-0.2, 0) is 9.63 Å². The number of aryl methyl sites for hydroxylation is 1. The standard InChI is InChI=1S/C10H13FN2O3/c1-7-3-2-4-8(10(7)11)15-6-5-9(14)16-13-12/h2-4,13H,5-6,12H2,1H3. The Labute approximate surface area is 92.3 Å². The van der Waals surface area contributed by atoms with E-state index in [0.717, 1.165) is 0 Å². The highest BCUT2D eigenvalue weighted by molar-refractivity contribution is 5.69. The fourth-order valence-corrected chi connectivity index (χ4v) is 1.09. The minimum Gasteiger partial charge on any atom is -0.490 e. The highest BCUT2D eigenvalue weighted by Crippen LogP contribution is 2.19. The molecule has 0 atom stereocenters. The summed E-state index contributed by atoms with van der Waals surface area (Å²) in [5.74, 6) is 3.88. The molecule has 5 nitrogen and oxygen atoms in total. The fourth-order valence-electron chi connectivity index (χ4n) is 1.09. The quantitative estimate of drug-likeness (QED) is 0.576. The Morgan fingerprint density at radius 2 is 2.31 bits per heavy atom. The predicted molar refractivity (Wildman–Crippen MR) is 54.7 cm³/mol. The van der Waals surface area contributed by atoms with Crippen molar-refractivity contribution < 1.29 is 18.8 Å². The Hall–Kier alpha value is -1.66. The van der Waals surface area contributed by atoms with Gasteiger partial charge in [0.05, 0.1) is 13.0 Å². The molecule has 0 saturated carbocycles. The zero-order valence-corrected chi connectivity index (χ0v) is 8.83. The molecule has 1 aromatic carbocycles. The molecule has 3 N–H and O–H groups in total. The summed E-state index contributed by atoms with van der Waals surface area (Å²) in [6.07, 6.45) is -0.0163. The predicted octanol–water partition coefficient (Wildman–Crippen LogP) is 0.825. The Morgan fingerprint density at radius 1 is 1.56 bits per heavy atom. The second kappa shape index (κ2) is 6.04. The highest BCUT2D eigenvalue weighted by atomic mass is 19.1. The van der Waals surface area contributed by atoms with Crippen molar-refractivity contribution in [3.8, 4) is 5.75 Å². The third-order valence-corrected chi connectivity index (χ3v) is 1.89. The van der Waals surface area contributed by atoms with Crippen LogP contribution in [0.4, 0.5) is 4.39 Å². The summed E-state index contributed by atoms with van der Waals surface area (Å²) in [4.78, 5) is 15.1. The number of nitrogens with two attached hydrogens (primary N) is 1. The van der Waals surface area contributed by atoms with Crippen LogP contribution in [0.5, 0.6) is 5.75 Å². The van der Waals surface area contributed by atoms with Gasteiger partial charge in [0.15, 0.2) is 11.6 Å². The molecule has 88 valence electrons. The lowest BCUT2D eigenvalue weighted by atomic mass is 10.2. The first-order valence-corrected chi connectivity index (χ1v) is 4.68. The van der Waals surface area contributed by atoms with Crippen molar-refractivity contribution >= 4 is 5.97 Å². The SMILES string of the molecule is Cc1cccc(OCCC(=O)ONN)c1F. The van der Waals surface area contributed by atoms with Crippen LogP contribution in [-0.4, -0.2) is 12.6 Å². The minimum atomic E-state index is -0.574. The summed E-state index contributed by atoms with van der Waals surface area (Å²) in [6.45, 7) is 1.66. The van der Waals surface area contributed by atoms with Gasteiger partial charge in [0.1, 0.15) is 0 Å². The number of hydrazine groups is 1. The van der Waals surface area contributed by atoms with E-state index in [9.17, 15) is 9.18 Å². The molecule has 0 heterocycles. The fraction of sp³-hybridized carbons (Fsp3) is 0.300. The van der Waals surface area contributed by atoms with Gasteiger partial charge < -0.3 is 9.57 Å². The average molecular weight is 228 g/mol. The highest BCUT2D eigenvalue weighted by Gasteiger charge is 2.07. The smallest absolute Gasteiger partial charge is 0.329 e. The van der Waals surface area contributed by atoms with Gasteiger partial charge in [0, 0.05) is 0 Å². The van der Waals surface area contributed by atoms with Crippen molar-refractivity contribution in [1.82, 2.24) is 5.59 Å². The Kier molecular flexibility index (Phi) is 4.68. The molecule has 0 aliphatic carbocycles. The van der Waals surface area contributed by atoms with Gasteiger partial charge in [-0.15, -0.1) is 0 Å². The molecule has 0 saturated heterocycles. The van der Waals surface area contributed by atoms with Crippen molar-refractivity contribution in [2.45, 2.75) is 13.3 Å². The maximum absolute atomic E-state index is 13.4. The summed E-state index contributed by atoms with van der Waals surface area (Å²) in [5, 5.41) is 0. The lowest BCUT2D eigenvalue weighted by molar-refractivity contribution is -0.151. The van der Waals surface area contributed by atoms with Gasteiger partial charge in [-0.25, -0.2) is 10.2 Å². The number of ether oxygens (including phenoxy) is 1. The van der Waals surface area contributed by atoms with Gasteiger partial charge in [-0.2, -0.15) is 0 Å². The van der Waals surface area contributed by atoms with Crippen LogP contribution in [0.3, 0.4) is 0 Å². The Morgan fingerprint density at radius 3 is 3.00 bits per heavy atom. The maximum Gasteiger partial charge on any atom is 0.329 e. The number of rotatable bonds is 5. The monoisotopic (exact) mass is 228 g/mol. The lowest BCUT2D eigenvalue weighted by Gasteiger charge is -2.07. The van der Waals surface area contributed by atoms with Crippen LogP contribution in [0.2, 0.25) is 0 Å². The van der Waals surface area contributed by atoms with Crippen LogP contribution < -0.4 is 16.2 Å². The first-order valence-electron chi connectivity index (χ1n) is 4.68. The number of hydrogen-bond donors (Lipinski definition) is 2. The van der Waals surface area contributed by atoms with Gasteiger partial charge >= 0.3 is 5.97 Å². The first-order chi connectivity index (χ1) is 7.65. The number of nitrogens with one attached hydrogen (secondary N) is 1. The summed E-state index contributed by atoms with van der Waals surface area (Å²) < 4.78 is 18.5. The molecule has 1 rings (SSSR count). The Bertz CT molecular complexity index is 371. The first kappa shape index (κ1) is 12.4. The molecule has 1 aromatic rings. The molecule has 0 aliphatic heterocycles. The molecule has 0 amide bonds. The van der Waals surface area contributed by atoms with Gasteiger partial charge in [-0.05, 0) is 18.6 Å². The van der Waals surface area contributed by atoms with Crippen molar-refractivity contribution in [3.05, 3.63) is 29.6 Å². The molecule has 0 spiro atoms. The molecule has 0 bridgehead atoms. The van der Waals surface area contributed by atoms with E-state index in [-0.39, 0.29) is 18.8 Å². The van der Waals surface area contributed by atoms with E-state index in [1.807, 2.05) is 0 Å². The van der Waals surface area contributed by atoms with Crippen LogP contribution >= 0.6 is 0 Å². The summed E-state index contributed by atoms with van der Waals surface area (Å²) >= 11 is 0. The zero-order chi connectivity index (χ0) is 12.0. The molecule has 0 unspecified atom stereocenters. The lowest BCUT2D eigenvalue weighted by Crippen LogP contribution is -2.27. The Balaban J connectivity index is 2.43. The van der Waals surface area contributed by atoms with E-state index in [0.29, 0.717) is 5.56 Å². The molecule has 16 heavy (non-hydrogen) atoms. The summed E-state index contributed by atoms with van der Waals surface area (Å²) in [7, 11) is 0. The second-order valence-corrected chi connectivity index (χ2v) is 3.08. The molecule has 0 radical (unpaired) electrons. The van der Waals surface area contributed by atoms with Gasteiger partial charge in [-0.1, -0.05) is 17.7 Å². The summed E-state index contributed by atoms with van der Waals surface area (Å²) in [5.41, 5.74) is 2.25. The average Bonchev–Trinajstić information content (AvgIpc) is 2.25. The zero-order valence-electron chi connectivity index (χ0n) is 8.83. The third kappa shape index (κ3) is 3.48. The normalized spacial score (nSPS) is 9.94. The summed E-state index contributed by atoms with van der Waals surface area (Å²) in [6, 6.07) is 4.80. The molecular weight excluding hydrogens is 215 g/mol. The van der Waals surface area contributed by atoms with Crippen molar-refractivity contribution in [2.24, 2.45) is 5.84 Å². The number of hydrogen-bond acceptors (Lipinski definition) is 5. The van der Waals surface area contributed by atoms with Gasteiger partial charge in [0.25, 0.3) is 0 Å². The van der Waals surface area contributed by atoms with Gasteiger partial charge in [0.2, 0.25) is 0 Å². The molecule has 0 fully saturated rings. The minimum absolute atomic E-state index is 0.0163. The van der Waals surface area contributed by atoms with Crippen LogP contribution in [0.15, 0.2) is 18.2 Å². The number of halogens is 1. The van der Waals surface area contributed by atoms with E-state index in [1.165, 1.54) is 6.07 Å². The molecular formula is C10H13FN2O3. The maximum atomic E-state index is 13.4. The molecule has 0 aliphatic rings.